The smallest absolute Gasteiger partial charge is 0.241 e. The van der Waals surface area contributed by atoms with E-state index in [9.17, 15) is 4.79 Å². The summed E-state index contributed by atoms with van der Waals surface area (Å²) >= 11 is 2.20. The molecule has 1 unspecified atom stereocenters. The third-order valence-corrected chi connectivity index (χ3v) is 2.98. The van der Waals surface area contributed by atoms with Gasteiger partial charge < -0.3 is 11.1 Å². The molecule has 1 aromatic rings. The molecule has 4 heteroatoms. The summed E-state index contributed by atoms with van der Waals surface area (Å²) in [6.45, 7) is 5.85. The summed E-state index contributed by atoms with van der Waals surface area (Å²) in [6.07, 6.45) is 0. The molecule has 0 heterocycles. The van der Waals surface area contributed by atoms with E-state index in [0.717, 1.165) is 9.26 Å². The van der Waals surface area contributed by atoms with Crippen molar-refractivity contribution in [1.29, 1.82) is 0 Å². The lowest BCUT2D eigenvalue weighted by Crippen LogP contribution is -2.45. The zero-order valence-corrected chi connectivity index (χ0v) is 11.9. The van der Waals surface area contributed by atoms with Gasteiger partial charge in [-0.15, -0.1) is 0 Å². The van der Waals surface area contributed by atoms with Crippen LogP contribution in [0.1, 0.15) is 20.8 Å². The number of amides is 1. The first-order chi connectivity index (χ1) is 7.30. The Morgan fingerprint density at radius 1 is 1.44 bits per heavy atom. The fourth-order valence-corrected chi connectivity index (χ4v) is 1.72. The Morgan fingerprint density at radius 3 is 2.56 bits per heavy atom. The number of nitrogens with two attached hydrogens (primary N) is 1. The van der Waals surface area contributed by atoms with Gasteiger partial charge in [0.1, 0.15) is 0 Å². The summed E-state index contributed by atoms with van der Waals surface area (Å²) in [5.41, 5.74) is 6.42. The first-order valence-corrected chi connectivity index (χ1v) is 6.20. The lowest BCUT2D eigenvalue weighted by atomic mass is 9.87. The molecule has 1 rings (SSSR count). The molecule has 0 radical (unpaired) electrons. The second kappa shape index (κ2) is 5.14. The maximum atomic E-state index is 11.8. The van der Waals surface area contributed by atoms with Gasteiger partial charge >= 0.3 is 0 Å². The van der Waals surface area contributed by atoms with E-state index < -0.39 is 6.04 Å². The Morgan fingerprint density at radius 2 is 2.06 bits per heavy atom. The molecule has 1 atom stereocenters. The van der Waals surface area contributed by atoms with Crippen LogP contribution in [0.4, 0.5) is 5.69 Å². The Bertz CT molecular complexity index is 385. The van der Waals surface area contributed by atoms with Gasteiger partial charge in [0.2, 0.25) is 5.91 Å². The van der Waals surface area contributed by atoms with Crippen LogP contribution in [0, 0.1) is 8.99 Å². The van der Waals surface area contributed by atoms with Crippen LogP contribution in [-0.2, 0) is 4.79 Å². The molecule has 1 aromatic carbocycles. The van der Waals surface area contributed by atoms with Crippen LogP contribution < -0.4 is 11.1 Å². The maximum absolute atomic E-state index is 11.8. The Hall–Kier alpha value is -0.620. The minimum atomic E-state index is -0.509. The van der Waals surface area contributed by atoms with Crippen molar-refractivity contribution in [2.24, 2.45) is 11.1 Å². The van der Waals surface area contributed by atoms with Crippen molar-refractivity contribution < 1.29 is 4.79 Å². The number of rotatable bonds is 2. The van der Waals surface area contributed by atoms with Crippen LogP contribution >= 0.6 is 22.6 Å². The lowest BCUT2D eigenvalue weighted by molar-refractivity contribution is -0.119. The molecule has 0 bridgehead atoms. The monoisotopic (exact) mass is 332 g/mol. The highest BCUT2D eigenvalue weighted by molar-refractivity contribution is 14.1. The van der Waals surface area contributed by atoms with Crippen molar-refractivity contribution in [2.45, 2.75) is 26.8 Å². The highest BCUT2D eigenvalue weighted by atomic mass is 127. The molecule has 0 saturated carbocycles. The SMILES string of the molecule is CC(C)(C)C(N)C(=O)Nc1cccc(I)c1. The number of benzene rings is 1. The third-order valence-electron chi connectivity index (χ3n) is 2.31. The summed E-state index contributed by atoms with van der Waals surface area (Å²) in [6, 6.07) is 7.13. The number of hydrogen-bond acceptors (Lipinski definition) is 2. The normalized spacial score (nSPS) is 13.3. The van der Waals surface area contributed by atoms with Gasteiger partial charge in [0, 0.05) is 9.26 Å². The van der Waals surface area contributed by atoms with E-state index in [1.807, 2.05) is 45.0 Å². The molecule has 0 aliphatic rings. The second-order valence-electron chi connectivity index (χ2n) is 4.84. The van der Waals surface area contributed by atoms with Gasteiger partial charge in [0.15, 0.2) is 0 Å². The number of hydrogen-bond donors (Lipinski definition) is 2. The first kappa shape index (κ1) is 13.4. The van der Waals surface area contributed by atoms with E-state index in [0.29, 0.717) is 0 Å². The zero-order chi connectivity index (χ0) is 12.3. The minimum absolute atomic E-state index is 0.144. The van der Waals surface area contributed by atoms with E-state index in [2.05, 4.69) is 27.9 Å². The van der Waals surface area contributed by atoms with Crippen molar-refractivity contribution in [1.82, 2.24) is 0 Å². The summed E-state index contributed by atoms with van der Waals surface area (Å²) < 4.78 is 1.08. The zero-order valence-electron chi connectivity index (χ0n) is 9.75. The van der Waals surface area contributed by atoms with E-state index >= 15 is 0 Å². The average molecular weight is 332 g/mol. The number of carbonyl (C=O) groups excluding carboxylic acids is 1. The van der Waals surface area contributed by atoms with Crippen molar-refractivity contribution in [3.8, 4) is 0 Å². The van der Waals surface area contributed by atoms with Crippen molar-refractivity contribution in [3.05, 3.63) is 27.8 Å². The van der Waals surface area contributed by atoms with Crippen molar-refractivity contribution in [2.75, 3.05) is 5.32 Å². The molecule has 0 aliphatic carbocycles. The highest BCUT2D eigenvalue weighted by Gasteiger charge is 2.27. The summed E-state index contributed by atoms with van der Waals surface area (Å²) in [5.74, 6) is -0.144. The fourth-order valence-electron chi connectivity index (χ4n) is 1.18. The molecule has 3 nitrogen and oxygen atoms in total. The lowest BCUT2D eigenvalue weighted by Gasteiger charge is -2.25. The Balaban J connectivity index is 2.72. The molecule has 0 aromatic heterocycles. The Kier molecular flexibility index (Phi) is 4.32. The topological polar surface area (TPSA) is 55.1 Å². The van der Waals surface area contributed by atoms with Gasteiger partial charge in [-0.3, -0.25) is 4.79 Å². The average Bonchev–Trinajstić information content (AvgIpc) is 2.15. The van der Waals surface area contributed by atoms with Gasteiger partial charge in [-0.1, -0.05) is 26.8 Å². The van der Waals surface area contributed by atoms with Crippen LogP contribution in [0.2, 0.25) is 0 Å². The Labute approximate surface area is 110 Å². The molecule has 0 spiro atoms. The predicted molar refractivity (Wildman–Crippen MR) is 75.2 cm³/mol. The quantitative estimate of drug-likeness (QED) is 0.818. The molecule has 0 saturated heterocycles. The number of carbonyl (C=O) groups is 1. The highest BCUT2D eigenvalue weighted by Crippen LogP contribution is 2.19. The van der Waals surface area contributed by atoms with Crippen LogP contribution in [0.3, 0.4) is 0 Å². The summed E-state index contributed by atoms with van der Waals surface area (Å²) in [4.78, 5) is 11.8. The van der Waals surface area contributed by atoms with Gasteiger partial charge in [-0.25, -0.2) is 0 Å². The molecular weight excluding hydrogens is 315 g/mol. The number of nitrogens with one attached hydrogen (secondary N) is 1. The third kappa shape index (κ3) is 3.75. The van der Waals surface area contributed by atoms with E-state index in [-0.39, 0.29) is 11.3 Å². The predicted octanol–water partition coefficient (Wildman–Crippen LogP) is 2.60. The van der Waals surface area contributed by atoms with Gasteiger partial charge in [0.05, 0.1) is 6.04 Å². The standard InChI is InChI=1S/C12H17IN2O/c1-12(2,3)10(14)11(16)15-9-6-4-5-8(13)7-9/h4-7,10H,14H2,1-3H3,(H,15,16). The molecule has 0 aliphatic heterocycles. The summed E-state index contributed by atoms with van der Waals surface area (Å²) in [5, 5.41) is 2.82. The number of anilines is 1. The molecule has 16 heavy (non-hydrogen) atoms. The first-order valence-electron chi connectivity index (χ1n) is 5.13. The molecule has 88 valence electrons. The maximum Gasteiger partial charge on any atom is 0.241 e. The fraction of sp³-hybridized carbons (Fsp3) is 0.417. The number of halogens is 1. The van der Waals surface area contributed by atoms with Crippen molar-refractivity contribution >= 4 is 34.2 Å². The molecule has 3 N–H and O–H groups in total. The van der Waals surface area contributed by atoms with Gasteiger partial charge in [-0.05, 0) is 46.2 Å². The molecule has 1 amide bonds. The van der Waals surface area contributed by atoms with Crippen LogP contribution in [0.25, 0.3) is 0 Å². The van der Waals surface area contributed by atoms with Crippen LogP contribution in [0.5, 0.6) is 0 Å². The van der Waals surface area contributed by atoms with E-state index in [1.54, 1.807) is 0 Å². The van der Waals surface area contributed by atoms with E-state index in [4.69, 9.17) is 5.73 Å². The van der Waals surface area contributed by atoms with Crippen molar-refractivity contribution in [3.63, 3.8) is 0 Å². The summed E-state index contributed by atoms with van der Waals surface area (Å²) in [7, 11) is 0. The van der Waals surface area contributed by atoms with Gasteiger partial charge in [0.25, 0.3) is 0 Å². The van der Waals surface area contributed by atoms with Crippen LogP contribution in [-0.4, -0.2) is 11.9 Å². The molecular formula is C12H17IN2O. The largest absolute Gasteiger partial charge is 0.325 e. The van der Waals surface area contributed by atoms with Crippen LogP contribution in [0.15, 0.2) is 24.3 Å². The second-order valence-corrected chi connectivity index (χ2v) is 6.09. The minimum Gasteiger partial charge on any atom is -0.325 e. The van der Waals surface area contributed by atoms with Gasteiger partial charge in [-0.2, -0.15) is 0 Å². The van der Waals surface area contributed by atoms with E-state index in [1.165, 1.54) is 0 Å². The molecule has 0 fully saturated rings.